The van der Waals surface area contributed by atoms with Crippen LogP contribution in [-0.2, 0) is 23.8 Å². The number of ether oxygens (including phenoxy) is 3. The van der Waals surface area contributed by atoms with Gasteiger partial charge in [-0.3, -0.25) is 9.79 Å². The SMILES string of the molecule is CCOC(=O)[C@@H]1CSC([C@H](C)NC(=O)[C@H]2N=C([C@H](C)NC(=O)OC(C)(C)C)O[C@@H]2C)=N1. The van der Waals surface area contributed by atoms with Crippen LogP contribution in [-0.4, -0.2) is 77.1 Å². The molecule has 0 aromatic carbocycles. The Kier molecular flexibility index (Phi) is 8.33. The molecule has 0 saturated heterocycles. The van der Waals surface area contributed by atoms with Crippen molar-refractivity contribution >= 4 is 40.7 Å². The van der Waals surface area contributed by atoms with Crippen LogP contribution in [0.4, 0.5) is 4.79 Å². The third-order valence-corrected chi connectivity index (χ3v) is 5.59. The topological polar surface area (TPSA) is 128 Å². The molecule has 5 atom stereocenters. The van der Waals surface area contributed by atoms with Crippen LogP contribution in [0.2, 0.25) is 0 Å². The molecule has 11 heteroatoms. The van der Waals surface area contributed by atoms with Crippen LogP contribution in [0.5, 0.6) is 0 Å². The molecule has 0 fully saturated rings. The first kappa shape index (κ1) is 25.0. The molecular weight excluding hydrogens is 424 g/mol. The Hall–Kier alpha value is -2.30. The Morgan fingerprint density at radius 1 is 1.19 bits per heavy atom. The Bertz CT molecular complexity index is 763. The van der Waals surface area contributed by atoms with Crippen LogP contribution in [0.25, 0.3) is 0 Å². The predicted octanol–water partition coefficient (Wildman–Crippen LogP) is 1.67. The van der Waals surface area contributed by atoms with Crippen molar-refractivity contribution in [2.24, 2.45) is 9.98 Å². The van der Waals surface area contributed by atoms with Gasteiger partial charge in [0.05, 0.1) is 17.7 Å². The first-order valence-electron chi connectivity index (χ1n) is 10.3. The Labute approximate surface area is 187 Å². The predicted molar refractivity (Wildman–Crippen MR) is 119 cm³/mol. The van der Waals surface area contributed by atoms with Crippen molar-refractivity contribution in [3.05, 3.63) is 0 Å². The third kappa shape index (κ3) is 7.12. The van der Waals surface area contributed by atoms with Crippen molar-refractivity contribution in [3.63, 3.8) is 0 Å². The summed E-state index contributed by atoms with van der Waals surface area (Å²) in [5, 5.41) is 6.20. The van der Waals surface area contributed by atoms with Gasteiger partial charge >= 0.3 is 12.1 Å². The number of hydrogen-bond donors (Lipinski definition) is 2. The molecule has 2 amide bonds. The van der Waals surface area contributed by atoms with Crippen molar-refractivity contribution in [1.29, 1.82) is 0 Å². The van der Waals surface area contributed by atoms with Gasteiger partial charge in [0.2, 0.25) is 11.8 Å². The molecule has 31 heavy (non-hydrogen) atoms. The number of nitrogens with zero attached hydrogens (tertiary/aromatic N) is 2. The molecule has 2 N–H and O–H groups in total. The summed E-state index contributed by atoms with van der Waals surface area (Å²) < 4.78 is 15.9. The van der Waals surface area contributed by atoms with Crippen LogP contribution < -0.4 is 10.6 Å². The Morgan fingerprint density at radius 2 is 1.87 bits per heavy atom. The second kappa shape index (κ2) is 10.3. The quantitative estimate of drug-likeness (QED) is 0.558. The van der Waals surface area contributed by atoms with Crippen LogP contribution in [0, 0.1) is 0 Å². The van der Waals surface area contributed by atoms with Gasteiger partial charge in [-0.25, -0.2) is 14.6 Å². The highest BCUT2D eigenvalue weighted by molar-refractivity contribution is 8.14. The first-order chi connectivity index (χ1) is 14.4. The van der Waals surface area contributed by atoms with Gasteiger partial charge in [-0.2, -0.15) is 0 Å². The molecule has 10 nitrogen and oxygen atoms in total. The van der Waals surface area contributed by atoms with Gasteiger partial charge in [-0.1, -0.05) is 0 Å². The van der Waals surface area contributed by atoms with E-state index in [1.807, 2.05) is 0 Å². The average molecular weight is 457 g/mol. The molecule has 2 rings (SSSR count). The van der Waals surface area contributed by atoms with Gasteiger partial charge in [0.15, 0.2) is 12.1 Å². The van der Waals surface area contributed by atoms with E-state index in [2.05, 4.69) is 20.6 Å². The number of alkyl carbamates (subject to hydrolysis) is 1. The average Bonchev–Trinajstić information content (AvgIpc) is 3.27. The zero-order valence-electron chi connectivity index (χ0n) is 19.1. The molecule has 0 aromatic heterocycles. The lowest BCUT2D eigenvalue weighted by Crippen LogP contribution is -2.44. The lowest BCUT2D eigenvalue weighted by Gasteiger charge is -2.22. The summed E-state index contributed by atoms with van der Waals surface area (Å²) in [5.74, 6) is 0.0820. The molecule has 0 aromatic rings. The summed E-state index contributed by atoms with van der Waals surface area (Å²) in [6.45, 7) is 12.6. The molecule has 0 unspecified atom stereocenters. The fourth-order valence-electron chi connectivity index (χ4n) is 2.91. The summed E-state index contributed by atoms with van der Waals surface area (Å²) >= 11 is 1.42. The minimum absolute atomic E-state index is 0.265. The van der Waals surface area contributed by atoms with Crippen molar-refractivity contribution in [1.82, 2.24) is 10.6 Å². The lowest BCUT2D eigenvalue weighted by molar-refractivity contribution is -0.143. The number of aliphatic imine (C=N–C) groups is 2. The van der Waals surface area contributed by atoms with Crippen molar-refractivity contribution in [3.8, 4) is 0 Å². The highest BCUT2D eigenvalue weighted by Gasteiger charge is 2.37. The maximum absolute atomic E-state index is 12.8. The van der Waals surface area contributed by atoms with Gasteiger partial charge in [0.25, 0.3) is 0 Å². The van der Waals surface area contributed by atoms with Crippen LogP contribution in [0.1, 0.15) is 48.5 Å². The number of esters is 1. The molecule has 0 spiro atoms. The van der Waals surface area contributed by atoms with Gasteiger partial charge in [0.1, 0.15) is 17.7 Å². The summed E-state index contributed by atoms with van der Waals surface area (Å²) in [4.78, 5) is 45.3. The smallest absolute Gasteiger partial charge is 0.408 e. The summed E-state index contributed by atoms with van der Waals surface area (Å²) in [6.07, 6.45) is -1.08. The number of amides is 2. The first-order valence-corrected chi connectivity index (χ1v) is 11.3. The van der Waals surface area contributed by atoms with E-state index < -0.39 is 35.9 Å². The highest BCUT2D eigenvalue weighted by Crippen LogP contribution is 2.22. The molecule has 0 bridgehead atoms. The van der Waals surface area contributed by atoms with E-state index in [1.54, 1.807) is 48.5 Å². The zero-order chi connectivity index (χ0) is 23.3. The molecule has 2 heterocycles. The van der Waals surface area contributed by atoms with E-state index in [0.717, 1.165) is 0 Å². The lowest BCUT2D eigenvalue weighted by atomic mass is 10.2. The molecule has 0 saturated carbocycles. The van der Waals surface area contributed by atoms with E-state index in [1.165, 1.54) is 11.8 Å². The normalized spacial score (nSPS) is 24.9. The minimum Gasteiger partial charge on any atom is -0.474 e. The van der Waals surface area contributed by atoms with Gasteiger partial charge in [-0.05, 0) is 48.5 Å². The van der Waals surface area contributed by atoms with Gasteiger partial charge in [-0.15, -0.1) is 11.8 Å². The summed E-state index contributed by atoms with van der Waals surface area (Å²) in [6, 6.07) is -2.22. The van der Waals surface area contributed by atoms with E-state index in [0.29, 0.717) is 17.4 Å². The second-order valence-electron chi connectivity index (χ2n) is 8.38. The molecule has 174 valence electrons. The zero-order valence-corrected chi connectivity index (χ0v) is 19.9. The maximum atomic E-state index is 12.8. The van der Waals surface area contributed by atoms with E-state index in [-0.39, 0.29) is 23.8 Å². The maximum Gasteiger partial charge on any atom is 0.408 e. The number of carbonyl (C=O) groups is 3. The molecule has 2 aliphatic rings. The number of thioether (sulfide) groups is 1. The summed E-state index contributed by atoms with van der Waals surface area (Å²) in [7, 11) is 0. The fourth-order valence-corrected chi connectivity index (χ4v) is 3.96. The fraction of sp³-hybridized carbons (Fsp3) is 0.750. The van der Waals surface area contributed by atoms with Crippen molar-refractivity contribution in [2.75, 3.05) is 12.4 Å². The monoisotopic (exact) mass is 456 g/mol. The van der Waals surface area contributed by atoms with Crippen LogP contribution in [0.15, 0.2) is 9.98 Å². The molecular formula is C20H32N4O6S. The number of nitrogens with one attached hydrogen (secondary N) is 2. The largest absolute Gasteiger partial charge is 0.474 e. The molecule has 0 radical (unpaired) electrons. The second-order valence-corrected chi connectivity index (χ2v) is 9.42. The van der Waals surface area contributed by atoms with Gasteiger partial charge < -0.3 is 24.8 Å². The van der Waals surface area contributed by atoms with E-state index >= 15 is 0 Å². The standard InChI is InChI=1S/C20H32N4O6S/c1-8-28-18(26)13-9-31-17(23-13)11(3)21-15(25)14-12(4)29-16(24-14)10(2)22-19(27)30-20(5,6)7/h10-14H,8-9H2,1-7H3,(H,21,25)(H,22,27)/t10-,11-,12+,13-,14-/m0/s1. The minimum atomic E-state index is -0.756. The Morgan fingerprint density at radius 3 is 2.48 bits per heavy atom. The molecule has 0 aliphatic carbocycles. The highest BCUT2D eigenvalue weighted by atomic mass is 32.2. The van der Waals surface area contributed by atoms with E-state index in [9.17, 15) is 14.4 Å². The van der Waals surface area contributed by atoms with Crippen LogP contribution in [0.3, 0.4) is 0 Å². The van der Waals surface area contributed by atoms with Crippen LogP contribution >= 0.6 is 11.8 Å². The number of hydrogen-bond acceptors (Lipinski definition) is 9. The Balaban J connectivity index is 1.94. The van der Waals surface area contributed by atoms with Gasteiger partial charge in [0, 0.05) is 5.75 Å². The molecule has 2 aliphatic heterocycles. The number of rotatable bonds is 7. The van der Waals surface area contributed by atoms with Crippen molar-refractivity contribution in [2.45, 2.75) is 84.3 Å². The van der Waals surface area contributed by atoms with E-state index in [4.69, 9.17) is 14.2 Å². The number of carbonyl (C=O) groups excluding carboxylic acids is 3. The summed E-state index contributed by atoms with van der Waals surface area (Å²) in [5.41, 5.74) is -0.624. The van der Waals surface area contributed by atoms with Crippen molar-refractivity contribution < 1.29 is 28.6 Å². The third-order valence-electron chi connectivity index (χ3n) is 4.35.